The molecule has 1 atom stereocenters. The summed E-state index contributed by atoms with van der Waals surface area (Å²) in [5.74, 6) is 0.0998. The number of hydrogen-bond donors (Lipinski definition) is 1. The predicted molar refractivity (Wildman–Crippen MR) is 111 cm³/mol. The van der Waals surface area contributed by atoms with E-state index in [-0.39, 0.29) is 11.7 Å². The number of benzene rings is 1. The predicted octanol–water partition coefficient (Wildman–Crippen LogP) is 3.15. The van der Waals surface area contributed by atoms with Gasteiger partial charge in [-0.15, -0.1) is 0 Å². The van der Waals surface area contributed by atoms with Crippen molar-refractivity contribution in [3.8, 4) is 5.75 Å². The van der Waals surface area contributed by atoms with Crippen molar-refractivity contribution in [3.63, 3.8) is 0 Å². The highest BCUT2D eigenvalue weighted by Crippen LogP contribution is 2.27. The summed E-state index contributed by atoms with van der Waals surface area (Å²) >= 11 is 0. The molecule has 1 saturated carbocycles. The van der Waals surface area contributed by atoms with E-state index in [1.165, 1.54) is 17.1 Å². The Morgan fingerprint density at radius 3 is 2.97 bits per heavy atom. The minimum atomic E-state index is -0.974. The number of carbonyl (C=O) groups excluding carboxylic acids is 1. The quantitative estimate of drug-likeness (QED) is 0.476. The molecule has 0 spiro atoms. The Labute approximate surface area is 173 Å². The van der Waals surface area contributed by atoms with E-state index in [1.807, 2.05) is 0 Å². The van der Waals surface area contributed by atoms with Gasteiger partial charge in [0.15, 0.2) is 11.7 Å². The van der Waals surface area contributed by atoms with Gasteiger partial charge in [0.05, 0.1) is 6.20 Å². The summed E-state index contributed by atoms with van der Waals surface area (Å²) in [7, 11) is 0. The Kier molecular flexibility index (Phi) is 5.92. The average Bonchev–Trinajstić information content (AvgIpc) is 3.25. The van der Waals surface area contributed by atoms with Gasteiger partial charge in [0.2, 0.25) is 0 Å². The number of nitrogens with zero attached hydrogens (tertiary/aromatic N) is 3. The van der Waals surface area contributed by atoms with Crippen LogP contribution in [0.4, 0.5) is 0 Å². The molecule has 30 heavy (non-hydrogen) atoms. The first-order chi connectivity index (χ1) is 14.7. The molecule has 1 aliphatic rings. The summed E-state index contributed by atoms with van der Waals surface area (Å²) < 4.78 is 12.7. The number of carbonyl (C=O) groups is 1. The third-order valence-electron chi connectivity index (χ3n) is 5.27. The van der Waals surface area contributed by atoms with Gasteiger partial charge < -0.3 is 9.47 Å². The lowest BCUT2D eigenvalue weighted by Gasteiger charge is -2.25. The van der Waals surface area contributed by atoms with Gasteiger partial charge in [-0.2, -0.15) is 5.10 Å². The lowest BCUT2D eigenvalue weighted by Crippen LogP contribution is -2.34. The van der Waals surface area contributed by atoms with Crippen molar-refractivity contribution in [3.05, 3.63) is 65.4 Å². The van der Waals surface area contributed by atoms with E-state index in [2.05, 4.69) is 21.8 Å². The summed E-state index contributed by atoms with van der Waals surface area (Å²) in [6.45, 7) is 3.98. The van der Waals surface area contributed by atoms with Gasteiger partial charge in [0.25, 0.3) is 5.56 Å². The first kappa shape index (κ1) is 19.9. The molecule has 8 heteroatoms. The maximum atomic E-state index is 13.3. The number of aromatic nitrogens is 4. The third kappa shape index (κ3) is 4.12. The number of ether oxygens (including phenoxy) is 2. The summed E-state index contributed by atoms with van der Waals surface area (Å²) in [5.41, 5.74) is 0.597. The molecule has 1 aromatic carbocycles. The number of rotatable bonds is 7. The van der Waals surface area contributed by atoms with Gasteiger partial charge in [-0.3, -0.25) is 14.5 Å². The minimum Gasteiger partial charge on any atom is -0.490 e. The zero-order chi connectivity index (χ0) is 20.9. The molecule has 0 amide bonds. The molecule has 156 valence electrons. The van der Waals surface area contributed by atoms with Crippen LogP contribution in [0.15, 0.2) is 54.2 Å². The fourth-order valence-corrected chi connectivity index (χ4v) is 3.78. The summed E-state index contributed by atoms with van der Waals surface area (Å²) in [6.07, 6.45) is 9.19. The van der Waals surface area contributed by atoms with Crippen LogP contribution in [0.5, 0.6) is 5.75 Å². The van der Waals surface area contributed by atoms with E-state index < -0.39 is 12.0 Å². The average molecular weight is 408 g/mol. The van der Waals surface area contributed by atoms with Crippen molar-refractivity contribution in [1.82, 2.24) is 19.7 Å². The Bertz CT molecular complexity index is 1100. The van der Waals surface area contributed by atoms with Crippen molar-refractivity contribution in [1.29, 1.82) is 0 Å². The molecule has 0 radical (unpaired) electrons. The van der Waals surface area contributed by atoms with Gasteiger partial charge in [-0.05, 0) is 43.4 Å². The fourth-order valence-electron chi connectivity index (χ4n) is 3.78. The van der Waals surface area contributed by atoms with E-state index in [1.54, 1.807) is 30.3 Å². The normalized spacial score (nSPS) is 15.6. The first-order valence-electron chi connectivity index (χ1n) is 10.1. The molecule has 3 aromatic rings. The van der Waals surface area contributed by atoms with Crippen LogP contribution in [0.3, 0.4) is 0 Å². The Hall–Kier alpha value is -3.42. The monoisotopic (exact) mass is 408 g/mol. The second-order valence-corrected chi connectivity index (χ2v) is 7.36. The smallest absolute Gasteiger partial charge is 0.334 e. The maximum Gasteiger partial charge on any atom is 0.334 e. The van der Waals surface area contributed by atoms with Gasteiger partial charge >= 0.3 is 5.97 Å². The topological polar surface area (TPSA) is 99.1 Å². The van der Waals surface area contributed by atoms with Crippen LogP contribution in [0.25, 0.3) is 11.0 Å². The molecule has 0 bridgehead atoms. The zero-order valence-corrected chi connectivity index (χ0v) is 16.6. The second-order valence-electron chi connectivity index (χ2n) is 7.36. The standard InChI is InChI=1S/C22H24N4O4/c1-2-11-29-17-10-6-7-15(12-17)19(22(28)30-16-8-4-3-5-9-16)26-14-23-20-18(21(26)27)13-24-25-20/h2,6-7,10,12-14,16,19H,1,3-5,8-9,11H2,(H,24,25). The molecule has 0 aliphatic heterocycles. The number of esters is 1. The van der Waals surface area contributed by atoms with Gasteiger partial charge in [0, 0.05) is 0 Å². The molecular formula is C22H24N4O4. The number of hydrogen-bond acceptors (Lipinski definition) is 6. The highest BCUT2D eigenvalue weighted by Gasteiger charge is 2.29. The third-order valence-corrected chi connectivity index (χ3v) is 5.27. The van der Waals surface area contributed by atoms with Crippen LogP contribution >= 0.6 is 0 Å². The lowest BCUT2D eigenvalue weighted by atomic mass is 9.97. The van der Waals surface area contributed by atoms with E-state index in [0.717, 1.165) is 32.1 Å². The second kappa shape index (κ2) is 8.94. The Morgan fingerprint density at radius 1 is 1.33 bits per heavy atom. The molecule has 1 aliphatic carbocycles. The van der Waals surface area contributed by atoms with Crippen LogP contribution < -0.4 is 10.3 Å². The van der Waals surface area contributed by atoms with E-state index >= 15 is 0 Å². The largest absolute Gasteiger partial charge is 0.490 e. The van der Waals surface area contributed by atoms with Crippen molar-refractivity contribution in [2.45, 2.75) is 44.2 Å². The maximum absolute atomic E-state index is 13.3. The molecule has 2 aromatic heterocycles. The number of fused-ring (bicyclic) bond motifs is 1. The van der Waals surface area contributed by atoms with Gasteiger partial charge in [-0.25, -0.2) is 9.78 Å². The number of nitrogens with one attached hydrogen (secondary N) is 1. The molecule has 0 saturated heterocycles. The minimum absolute atomic E-state index is 0.129. The van der Waals surface area contributed by atoms with E-state index in [9.17, 15) is 9.59 Å². The van der Waals surface area contributed by atoms with Crippen molar-refractivity contribution >= 4 is 17.0 Å². The number of H-pyrrole nitrogens is 1. The first-order valence-corrected chi connectivity index (χ1v) is 10.1. The van der Waals surface area contributed by atoms with E-state index in [4.69, 9.17) is 9.47 Å². The number of aromatic amines is 1. The van der Waals surface area contributed by atoms with Crippen LogP contribution in [-0.4, -0.2) is 38.4 Å². The van der Waals surface area contributed by atoms with Crippen LogP contribution in [0.1, 0.15) is 43.7 Å². The van der Waals surface area contributed by atoms with Crippen molar-refractivity contribution in [2.24, 2.45) is 0 Å². The van der Waals surface area contributed by atoms with Crippen molar-refractivity contribution < 1.29 is 14.3 Å². The highest BCUT2D eigenvalue weighted by molar-refractivity contribution is 5.79. The van der Waals surface area contributed by atoms with Crippen LogP contribution in [-0.2, 0) is 9.53 Å². The Balaban J connectivity index is 1.74. The fraction of sp³-hybridized carbons (Fsp3) is 0.364. The zero-order valence-electron chi connectivity index (χ0n) is 16.6. The highest BCUT2D eigenvalue weighted by atomic mass is 16.5. The van der Waals surface area contributed by atoms with E-state index in [0.29, 0.717) is 29.0 Å². The Morgan fingerprint density at radius 2 is 2.17 bits per heavy atom. The molecule has 2 heterocycles. The molecule has 8 nitrogen and oxygen atoms in total. The summed E-state index contributed by atoms with van der Waals surface area (Å²) in [4.78, 5) is 30.6. The van der Waals surface area contributed by atoms with Crippen LogP contribution in [0, 0.1) is 0 Å². The van der Waals surface area contributed by atoms with Gasteiger partial charge in [0.1, 0.15) is 30.2 Å². The SMILES string of the molecule is C=CCOc1cccc(C(C(=O)OC2CCCCC2)n2cnc3[nH]ncc3c2=O)c1. The van der Waals surface area contributed by atoms with Gasteiger partial charge in [-0.1, -0.05) is 31.2 Å². The lowest BCUT2D eigenvalue weighted by molar-refractivity contribution is -0.153. The molecule has 1 N–H and O–H groups in total. The molecular weight excluding hydrogens is 384 g/mol. The molecule has 4 rings (SSSR count). The molecule has 1 fully saturated rings. The summed E-state index contributed by atoms with van der Waals surface area (Å²) in [6, 6.07) is 6.11. The summed E-state index contributed by atoms with van der Waals surface area (Å²) in [5, 5.41) is 6.86. The van der Waals surface area contributed by atoms with Crippen LogP contribution in [0.2, 0.25) is 0 Å². The molecule has 1 unspecified atom stereocenters. The van der Waals surface area contributed by atoms with Crippen molar-refractivity contribution in [2.75, 3.05) is 6.61 Å².